The van der Waals surface area contributed by atoms with Gasteiger partial charge in [-0.1, -0.05) is 35.9 Å². The Kier molecular flexibility index (Phi) is 8.30. The van der Waals surface area contributed by atoms with Crippen LogP contribution in [0.2, 0.25) is 0 Å². The van der Waals surface area contributed by atoms with Gasteiger partial charge in [0, 0.05) is 10.6 Å². The predicted molar refractivity (Wildman–Crippen MR) is 135 cm³/mol. The third-order valence-corrected chi connectivity index (χ3v) is 6.79. The summed E-state index contributed by atoms with van der Waals surface area (Å²) >= 11 is 2.46. The van der Waals surface area contributed by atoms with E-state index < -0.39 is 5.97 Å². The van der Waals surface area contributed by atoms with E-state index >= 15 is 0 Å². The number of ether oxygens (including phenoxy) is 1. The van der Waals surface area contributed by atoms with Gasteiger partial charge in [0.1, 0.15) is 5.00 Å². The number of rotatable bonds is 8. The van der Waals surface area contributed by atoms with Gasteiger partial charge in [-0.15, -0.1) is 23.1 Å². The van der Waals surface area contributed by atoms with Crippen molar-refractivity contribution in [2.24, 2.45) is 0 Å². The van der Waals surface area contributed by atoms with E-state index in [4.69, 9.17) is 4.74 Å². The molecule has 0 unspecified atom stereocenters. The minimum absolute atomic E-state index is 0.171. The molecule has 8 heteroatoms. The van der Waals surface area contributed by atoms with Crippen molar-refractivity contribution >= 4 is 51.6 Å². The second kappa shape index (κ2) is 11.2. The summed E-state index contributed by atoms with van der Waals surface area (Å²) in [5.74, 6) is -1.02. The number of esters is 1. The average Bonchev–Trinajstić information content (AvgIpc) is 3.10. The van der Waals surface area contributed by atoms with Gasteiger partial charge in [-0.05, 0) is 57.5 Å². The van der Waals surface area contributed by atoms with Crippen LogP contribution in [0.4, 0.5) is 10.7 Å². The Morgan fingerprint density at radius 1 is 0.970 bits per heavy atom. The maximum Gasteiger partial charge on any atom is 0.341 e. The third kappa shape index (κ3) is 6.69. The molecule has 6 nitrogen and oxygen atoms in total. The minimum Gasteiger partial charge on any atom is -0.459 e. The van der Waals surface area contributed by atoms with Crippen molar-refractivity contribution in [3.63, 3.8) is 0 Å². The maximum atomic E-state index is 13.0. The number of nitrogens with one attached hydrogen (secondary N) is 2. The number of hydrogen-bond acceptors (Lipinski definition) is 6. The van der Waals surface area contributed by atoms with E-state index in [9.17, 15) is 14.4 Å². The van der Waals surface area contributed by atoms with E-state index in [1.807, 2.05) is 61.5 Å². The molecule has 0 spiro atoms. The fourth-order valence-corrected chi connectivity index (χ4v) is 4.82. The maximum absolute atomic E-state index is 13.0. The van der Waals surface area contributed by atoms with Crippen molar-refractivity contribution in [1.29, 1.82) is 0 Å². The lowest BCUT2D eigenvalue weighted by Crippen LogP contribution is -2.18. The van der Waals surface area contributed by atoms with Crippen LogP contribution in [0, 0.1) is 13.8 Å². The molecule has 0 saturated carbocycles. The van der Waals surface area contributed by atoms with Crippen molar-refractivity contribution in [2.75, 3.05) is 16.4 Å². The summed E-state index contributed by atoms with van der Waals surface area (Å²) in [6.07, 6.45) is -0.334. The Morgan fingerprint density at radius 2 is 1.64 bits per heavy atom. The predicted octanol–water partition coefficient (Wildman–Crippen LogP) is 5.91. The molecule has 172 valence electrons. The number of carbonyl (C=O) groups excluding carboxylic acids is 3. The van der Waals surface area contributed by atoms with Gasteiger partial charge in [0.15, 0.2) is 0 Å². The molecule has 0 radical (unpaired) electrons. The first-order valence-electron chi connectivity index (χ1n) is 10.4. The van der Waals surface area contributed by atoms with Gasteiger partial charge >= 0.3 is 5.97 Å². The normalized spacial score (nSPS) is 10.7. The molecule has 0 aliphatic heterocycles. The van der Waals surface area contributed by atoms with Crippen molar-refractivity contribution in [3.05, 3.63) is 76.2 Å². The Balaban J connectivity index is 1.82. The van der Waals surface area contributed by atoms with Crippen LogP contribution >= 0.6 is 23.1 Å². The molecular formula is C25H26N2O4S2. The molecule has 0 aliphatic carbocycles. The van der Waals surface area contributed by atoms with Crippen LogP contribution in [0.5, 0.6) is 0 Å². The molecule has 0 saturated heterocycles. The first-order valence-corrected chi connectivity index (χ1v) is 12.2. The summed E-state index contributed by atoms with van der Waals surface area (Å²) in [5.41, 5.74) is 2.41. The van der Waals surface area contributed by atoms with Crippen LogP contribution in [-0.4, -0.2) is 29.6 Å². The van der Waals surface area contributed by atoms with E-state index in [-0.39, 0.29) is 29.2 Å². The van der Waals surface area contributed by atoms with E-state index in [1.54, 1.807) is 20.8 Å². The third-order valence-electron chi connectivity index (χ3n) is 4.58. The highest BCUT2D eigenvalue weighted by molar-refractivity contribution is 8.00. The summed E-state index contributed by atoms with van der Waals surface area (Å²) in [7, 11) is 0. The van der Waals surface area contributed by atoms with Gasteiger partial charge in [-0.25, -0.2) is 4.79 Å². The zero-order chi connectivity index (χ0) is 24.0. The zero-order valence-electron chi connectivity index (χ0n) is 18.9. The molecule has 2 amide bonds. The van der Waals surface area contributed by atoms with Crippen LogP contribution in [0.25, 0.3) is 0 Å². The van der Waals surface area contributed by atoms with Crippen LogP contribution in [-0.2, 0) is 9.53 Å². The van der Waals surface area contributed by atoms with Crippen LogP contribution in [0.3, 0.4) is 0 Å². The molecule has 1 heterocycles. The minimum atomic E-state index is -0.570. The number of carbonyl (C=O) groups is 3. The van der Waals surface area contributed by atoms with Crippen molar-refractivity contribution in [3.8, 4) is 0 Å². The molecule has 0 atom stereocenters. The van der Waals surface area contributed by atoms with Gasteiger partial charge in [0.05, 0.1) is 22.3 Å². The highest BCUT2D eigenvalue weighted by Gasteiger charge is 2.27. The summed E-state index contributed by atoms with van der Waals surface area (Å²) in [5, 5.41) is 5.96. The number of benzene rings is 2. The van der Waals surface area contributed by atoms with Gasteiger partial charge in [0.25, 0.3) is 5.91 Å². The summed E-state index contributed by atoms with van der Waals surface area (Å²) in [6.45, 7) is 7.15. The van der Waals surface area contributed by atoms with E-state index in [2.05, 4.69) is 10.6 Å². The van der Waals surface area contributed by atoms with E-state index in [1.165, 1.54) is 11.8 Å². The van der Waals surface area contributed by atoms with Crippen molar-refractivity contribution in [1.82, 2.24) is 0 Å². The SMILES string of the molecule is Cc1ccc(NC(=O)c2sc(NC(=O)CSc3ccccc3)c(C(=O)OC(C)C)c2C)cc1. The monoisotopic (exact) mass is 482 g/mol. The Labute approximate surface area is 201 Å². The smallest absolute Gasteiger partial charge is 0.341 e. The topological polar surface area (TPSA) is 84.5 Å². The summed E-state index contributed by atoms with van der Waals surface area (Å²) in [6, 6.07) is 17.0. The fraction of sp³-hybridized carbons (Fsp3) is 0.240. The number of aryl methyl sites for hydroxylation is 1. The molecule has 0 fully saturated rings. The molecule has 1 aromatic heterocycles. The van der Waals surface area contributed by atoms with Gasteiger partial charge in [0.2, 0.25) is 5.91 Å². The van der Waals surface area contributed by atoms with Crippen molar-refractivity contribution in [2.45, 2.75) is 38.7 Å². The number of anilines is 2. The Bertz CT molecular complexity index is 1140. The molecule has 0 bridgehead atoms. The molecular weight excluding hydrogens is 456 g/mol. The fourth-order valence-electron chi connectivity index (χ4n) is 2.99. The molecule has 3 rings (SSSR count). The molecule has 3 aromatic rings. The van der Waals surface area contributed by atoms with E-state index in [0.29, 0.717) is 21.1 Å². The first kappa shape index (κ1) is 24.5. The zero-order valence-corrected chi connectivity index (χ0v) is 20.6. The molecule has 33 heavy (non-hydrogen) atoms. The highest BCUT2D eigenvalue weighted by Crippen LogP contribution is 2.35. The standard InChI is InChI=1S/C25H26N2O4S2/c1-15(2)31-25(30)21-17(4)22(23(29)26-18-12-10-16(3)11-13-18)33-24(21)27-20(28)14-32-19-8-6-5-7-9-19/h5-13,15H,14H2,1-4H3,(H,26,29)(H,27,28). The summed E-state index contributed by atoms with van der Waals surface area (Å²) in [4.78, 5) is 39.7. The Hall–Kier alpha value is -3.10. The number of amides is 2. The molecule has 0 aliphatic rings. The van der Waals surface area contributed by atoms with Crippen LogP contribution < -0.4 is 10.6 Å². The second-order valence-corrected chi connectivity index (χ2v) is 9.75. The van der Waals surface area contributed by atoms with E-state index in [0.717, 1.165) is 21.8 Å². The lowest BCUT2D eigenvalue weighted by molar-refractivity contribution is -0.113. The lowest BCUT2D eigenvalue weighted by Gasteiger charge is -2.10. The Morgan fingerprint density at radius 3 is 2.27 bits per heavy atom. The van der Waals surface area contributed by atoms with Crippen molar-refractivity contribution < 1.29 is 19.1 Å². The van der Waals surface area contributed by atoms with Crippen LogP contribution in [0.1, 0.15) is 45.0 Å². The number of thiophene rings is 1. The van der Waals surface area contributed by atoms with Gasteiger partial charge in [-0.2, -0.15) is 0 Å². The van der Waals surface area contributed by atoms with Gasteiger partial charge < -0.3 is 15.4 Å². The number of thioether (sulfide) groups is 1. The molecule has 2 N–H and O–H groups in total. The largest absolute Gasteiger partial charge is 0.459 e. The quantitative estimate of drug-likeness (QED) is 0.308. The highest BCUT2D eigenvalue weighted by atomic mass is 32.2. The lowest BCUT2D eigenvalue weighted by atomic mass is 10.1. The van der Waals surface area contributed by atoms with Gasteiger partial charge in [-0.3, -0.25) is 9.59 Å². The van der Waals surface area contributed by atoms with Crippen LogP contribution in [0.15, 0.2) is 59.5 Å². The average molecular weight is 483 g/mol. The first-order chi connectivity index (χ1) is 15.7. The molecule has 2 aromatic carbocycles. The number of hydrogen-bond donors (Lipinski definition) is 2. The second-order valence-electron chi connectivity index (χ2n) is 7.68. The summed E-state index contributed by atoms with van der Waals surface area (Å²) < 4.78 is 5.37.